The van der Waals surface area contributed by atoms with Gasteiger partial charge in [-0.3, -0.25) is 0 Å². The van der Waals surface area contributed by atoms with Crippen molar-refractivity contribution in [1.29, 1.82) is 0 Å². The van der Waals surface area contributed by atoms with E-state index < -0.39 is 0 Å². The molecule has 1 aliphatic carbocycles. The van der Waals surface area contributed by atoms with Crippen LogP contribution in [-0.4, -0.2) is 11.7 Å². The Labute approximate surface area is 114 Å². The first kappa shape index (κ1) is 12.4. The van der Waals surface area contributed by atoms with Crippen LogP contribution >= 0.6 is 0 Å². The molecule has 2 N–H and O–H groups in total. The summed E-state index contributed by atoms with van der Waals surface area (Å²) < 4.78 is 0. The van der Waals surface area contributed by atoms with Gasteiger partial charge in [0.25, 0.3) is 0 Å². The van der Waals surface area contributed by atoms with Crippen LogP contribution in [0.2, 0.25) is 0 Å². The Hall–Kier alpha value is -1.64. The lowest BCUT2D eigenvalue weighted by Gasteiger charge is -2.20. The molecule has 0 saturated heterocycles. The largest absolute Gasteiger partial charge is 0.396 e. The molecular formula is C17H19NO. The first-order valence-corrected chi connectivity index (χ1v) is 6.84. The summed E-state index contributed by atoms with van der Waals surface area (Å²) >= 11 is 0. The number of rotatable bonds is 4. The summed E-state index contributed by atoms with van der Waals surface area (Å²) in [6.07, 6.45) is 0.971. The van der Waals surface area contributed by atoms with Crippen molar-refractivity contribution in [1.82, 2.24) is 5.32 Å². The summed E-state index contributed by atoms with van der Waals surface area (Å²) in [5.41, 5.74) is 3.99. The van der Waals surface area contributed by atoms with Crippen LogP contribution in [0.25, 0.3) is 0 Å². The summed E-state index contributed by atoms with van der Waals surface area (Å²) in [5, 5.41) is 13.2. The molecule has 98 valence electrons. The van der Waals surface area contributed by atoms with E-state index in [1.165, 1.54) is 16.7 Å². The molecule has 0 bridgehead atoms. The molecule has 0 fully saturated rings. The van der Waals surface area contributed by atoms with Crippen LogP contribution in [0.15, 0.2) is 54.6 Å². The van der Waals surface area contributed by atoms with Gasteiger partial charge in [-0.05, 0) is 23.1 Å². The van der Waals surface area contributed by atoms with Crippen molar-refractivity contribution < 1.29 is 5.11 Å². The van der Waals surface area contributed by atoms with Crippen molar-refractivity contribution in [3.05, 3.63) is 71.3 Å². The number of fused-ring (bicyclic) bond motifs is 1. The fourth-order valence-electron chi connectivity index (χ4n) is 2.95. The van der Waals surface area contributed by atoms with E-state index in [1.807, 2.05) is 6.07 Å². The van der Waals surface area contributed by atoms with Gasteiger partial charge in [0.2, 0.25) is 0 Å². The number of nitrogens with one attached hydrogen (secondary N) is 1. The van der Waals surface area contributed by atoms with Gasteiger partial charge < -0.3 is 10.4 Å². The summed E-state index contributed by atoms with van der Waals surface area (Å²) in [7, 11) is 0. The van der Waals surface area contributed by atoms with Gasteiger partial charge in [0.1, 0.15) is 0 Å². The fraction of sp³-hybridized carbons (Fsp3) is 0.294. The average Bonchev–Trinajstić information content (AvgIpc) is 2.84. The standard InChI is InChI=1S/C17H19NO/c19-12-15-10-14-8-4-5-9-16(14)17(15)18-11-13-6-2-1-3-7-13/h1-9,15,17-19H,10-12H2/t15-,17+/m0/s1. The van der Waals surface area contributed by atoms with Crippen LogP contribution in [0.1, 0.15) is 22.7 Å². The lowest BCUT2D eigenvalue weighted by molar-refractivity contribution is 0.199. The van der Waals surface area contributed by atoms with Crippen molar-refractivity contribution >= 4 is 0 Å². The van der Waals surface area contributed by atoms with Gasteiger partial charge >= 0.3 is 0 Å². The third kappa shape index (κ3) is 2.55. The number of hydrogen-bond acceptors (Lipinski definition) is 2. The molecule has 0 aliphatic heterocycles. The number of hydrogen-bond donors (Lipinski definition) is 2. The number of benzene rings is 2. The van der Waals surface area contributed by atoms with Crippen molar-refractivity contribution in [3.63, 3.8) is 0 Å². The molecule has 0 amide bonds. The van der Waals surface area contributed by atoms with E-state index in [-0.39, 0.29) is 12.6 Å². The highest BCUT2D eigenvalue weighted by Crippen LogP contribution is 2.35. The van der Waals surface area contributed by atoms with Crippen LogP contribution < -0.4 is 5.32 Å². The van der Waals surface area contributed by atoms with Crippen molar-refractivity contribution in [2.24, 2.45) is 5.92 Å². The minimum atomic E-state index is 0.237. The Bertz CT molecular complexity index is 538. The molecule has 0 unspecified atom stereocenters. The molecule has 0 saturated carbocycles. The van der Waals surface area contributed by atoms with Crippen molar-refractivity contribution in [2.75, 3.05) is 6.61 Å². The Morgan fingerprint density at radius 1 is 1.00 bits per heavy atom. The maximum Gasteiger partial charge on any atom is 0.0480 e. The maximum atomic E-state index is 9.57. The molecule has 2 aromatic carbocycles. The lowest BCUT2D eigenvalue weighted by atomic mass is 10.0. The first-order valence-electron chi connectivity index (χ1n) is 6.84. The second-order valence-electron chi connectivity index (χ2n) is 5.19. The number of aliphatic hydroxyl groups excluding tert-OH is 1. The molecule has 2 atom stereocenters. The van der Waals surface area contributed by atoms with Gasteiger partial charge in [0.05, 0.1) is 0 Å². The van der Waals surface area contributed by atoms with Crippen LogP contribution in [0.4, 0.5) is 0 Å². The minimum Gasteiger partial charge on any atom is -0.396 e. The van der Waals surface area contributed by atoms with E-state index in [2.05, 4.69) is 53.8 Å². The number of aliphatic hydroxyl groups is 1. The Kier molecular flexibility index (Phi) is 3.62. The molecular weight excluding hydrogens is 234 g/mol. The van der Waals surface area contributed by atoms with E-state index in [9.17, 15) is 5.11 Å². The minimum absolute atomic E-state index is 0.237. The quantitative estimate of drug-likeness (QED) is 0.878. The third-order valence-electron chi connectivity index (χ3n) is 3.95. The topological polar surface area (TPSA) is 32.3 Å². The second-order valence-corrected chi connectivity index (χ2v) is 5.19. The highest BCUT2D eigenvalue weighted by atomic mass is 16.3. The maximum absolute atomic E-state index is 9.57. The summed E-state index contributed by atoms with van der Waals surface area (Å²) in [6.45, 7) is 1.08. The van der Waals surface area contributed by atoms with Crippen LogP contribution in [0, 0.1) is 5.92 Å². The molecule has 0 heterocycles. The summed E-state index contributed by atoms with van der Waals surface area (Å²) in [5.74, 6) is 0.293. The van der Waals surface area contributed by atoms with E-state index in [0.29, 0.717) is 5.92 Å². The highest BCUT2D eigenvalue weighted by Gasteiger charge is 2.30. The van der Waals surface area contributed by atoms with Crippen LogP contribution in [-0.2, 0) is 13.0 Å². The second kappa shape index (κ2) is 5.55. The average molecular weight is 253 g/mol. The molecule has 0 radical (unpaired) electrons. The molecule has 2 heteroatoms. The normalized spacial score (nSPS) is 21.3. The molecule has 1 aliphatic rings. The Morgan fingerprint density at radius 3 is 2.53 bits per heavy atom. The van der Waals surface area contributed by atoms with Crippen molar-refractivity contribution in [2.45, 2.75) is 19.0 Å². The monoisotopic (exact) mass is 253 g/mol. The summed E-state index contributed by atoms with van der Waals surface area (Å²) in [4.78, 5) is 0. The van der Waals surface area contributed by atoms with Crippen molar-refractivity contribution in [3.8, 4) is 0 Å². The van der Waals surface area contributed by atoms with E-state index >= 15 is 0 Å². The predicted molar refractivity (Wildman–Crippen MR) is 76.7 cm³/mol. The molecule has 3 rings (SSSR count). The molecule has 19 heavy (non-hydrogen) atoms. The van der Waals surface area contributed by atoms with E-state index in [0.717, 1.165) is 13.0 Å². The highest BCUT2D eigenvalue weighted by molar-refractivity contribution is 5.36. The van der Waals surface area contributed by atoms with Gasteiger partial charge in [-0.2, -0.15) is 0 Å². The van der Waals surface area contributed by atoms with Crippen LogP contribution in [0.3, 0.4) is 0 Å². The third-order valence-corrected chi connectivity index (χ3v) is 3.95. The smallest absolute Gasteiger partial charge is 0.0480 e. The zero-order valence-electron chi connectivity index (χ0n) is 10.9. The SMILES string of the molecule is OC[C@@H]1Cc2ccccc2[C@@H]1NCc1ccccc1. The first-order chi connectivity index (χ1) is 9.38. The lowest BCUT2D eigenvalue weighted by Crippen LogP contribution is -2.27. The van der Waals surface area contributed by atoms with E-state index in [1.54, 1.807) is 0 Å². The fourth-order valence-corrected chi connectivity index (χ4v) is 2.95. The van der Waals surface area contributed by atoms with E-state index in [4.69, 9.17) is 0 Å². The molecule has 2 nitrogen and oxygen atoms in total. The van der Waals surface area contributed by atoms with Gasteiger partial charge in [-0.25, -0.2) is 0 Å². The molecule has 2 aromatic rings. The van der Waals surface area contributed by atoms with Gasteiger partial charge in [-0.15, -0.1) is 0 Å². The Balaban J connectivity index is 1.75. The zero-order valence-corrected chi connectivity index (χ0v) is 10.9. The molecule has 0 spiro atoms. The summed E-state index contributed by atoms with van der Waals surface area (Å²) in [6, 6.07) is 19.2. The van der Waals surface area contributed by atoms with Crippen LogP contribution in [0.5, 0.6) is 0 Å². The Morgan fingerprint density at radius 2 is 1.74 bits per heavy atom. The predicted octanol–water partition coefficient (Wildman–Crippen LogP) is 2.68. The molecule has 0 aromatic heterocycles. The van der Waals surface area contributed by atoms with Gasteiger partial charge in [-0.1, -0.05) is 54.6 Å². The van der Waals surface area contributed by atoms with Gasteiger partial charge in [0.15, 0.2) is 0 Å². The van der Waals surface area contributed by atoms with Gasteiger partial charge in [0, 0.05) is 25.1 Å². The zero-order chi connectivity index (χ0) is 13.1.